The predicted molar refractivity (Wildman–Crippen MR) is 96.4 cm³/mol. The molecule has 1 N–H and O–H groups in total. The maximum absolute atomic E-state index is 12.7. The fourth-order valence-corrected chi connectivity index (χ4v) is 3.93. The van der Waals surface area contributed by atoms with Crippen LogP contribution in [0.15, 0.2) is 48.7 Å². The third-order valence-corrected chi connectivity index (χ3v) is 5.23. The van der Waals surface area contributed by atoms with Crippen LogP contribution in [-0.4, -0.2) is 53.2 Å². The van der Waals surface area contributed by atoms with Gasteiger partial charge >= 0.3 is 0 Å². The number of hydrogen-bond donors (Lipinski definition) is 1. The Balaban J connectivity index is 1.37. The Hall–Kier alpha value is -2.24. The largest absolute Gasteiger partial charge is 0.391 e. The molecule has 0 bridgehead atoms. The Kier molecular flexibility index (Phi) is 4.51. The van der Waals surface area contributed by atoms with Crippen LogP contribution in [0.1, 0.15) is 11.3 Å². The zero-order valence-electron chi connectivity index (χ0n) is 14.2. The van der Waals surface area contributed by atoms with Gasteiger partial charge in [-0.2, -0.15) is 0 Å². The molecular formula is C20H23N3O2. The number of pyridine rings is 1. The number of hydrogen-bond acceptors (Lipinski definition) is 4. The third-order valence-electron chi connectivity index (χ3n) is 5.23. The van der Waals surface area contributed by atoms with E-state index >= 15 is 0 Å². The number of para-hydroxylation sites is 1. The SMILES string of the molecule is O=C(CN1C[C@@H](Cc2ccccn2)[C@H](O)C1)N1CCc2ccccc21. The fraction of sp³-hybridized carbons (Fsp3) is 0.400. The van der Waals surface area contributed by atoms with Crippen LogP contribution >= 0.6 is 0 Å². The quantitative estimate of drug-likeness (QED) is 0.919. The molecule has 0 radical (unpaired) electrons. The molecule has 0 spiro atoms. The van der Waals surface area contributed by atoms with Crippen molar-refractivity contribution in [2.75, 3.05) is 31.1 Å². The summed E-state index contributed by atoms with van der Waals surface area (Å²) >= 11 is 0. The van der Waals surface area contributed by atoms with E-state index in [1.54, 1.807) is 6.20 Å². The van der Waals surface area contributed by atoms with Gasteiger partial charge in [0.25, 0.3) is 0 Å². The molecule has 0 saturated carbocycles. The highest BCUT2D eigenvalue weighted by molar-refractivity contribution is 5.96. The molecule has 3 heterocycles. The van der Waals surface area contributed by atoms with E-state index in [4.69, 9.17) is 0 Å². The first kappa shape index (κ1) is 16.2. The number of carbonyl (C=O) groups is 1. The Morgan fingerprint density at radius 1 is 1.16 bits per heavy atom. The Bertz CT molecular complexity index is 750. The maximum Gasteiger partial charge on any atom is 0.241 e. The Morgan fingerprint density at radius 3 is 2.84 bits per heavy atom. The lowest BCUT2D eigenvalue weighted by atomic mass is 10.00. The normalized spacial score (nSPS) is 23.0. The first-order valence-electron chi connectivity index (χ1n) is 8.89. The van der Waals surface area contributed by atoms with Crippen LogP contribution in [0.2, 0.25) is 0 Å². The van der Waals surface area contributed by atoms with E-state index in [1.165, 1.54) is 5.56 Å². The van der Waals surface area contributed by atoms with Gasteiger partial charge in [-0.25, -0.2) is 0 Å². The maximum atomic E-state index is 12.7. The van der Waals surface area contributed by atoms with Gasteiger partial charge in [0, 0.05) is 43.1 Å². The van der Waals surface area contributed by atoms with Gasteiger partial charge < -0.3 is 10.0 Å². The smallest absolute Gasteiger partial charge is 0.241 e. The number of nitrogens with zero attached hydrogens (tertiary/aromatic N) is 3. The standard InChI is InChI=1S/C20H23N3O2/c24-19-13-22(12-16(19)11-17-6-3-4-9-21-17)14-20(25)23-10-8-15-5-1-2-7-18(15)23/h1-7,9,16,19,24H,8,10-14H2/t16-,19-/m1/s1. The highest BCUT2D eigenvalue weighted by Crippen LogP contribution is 2.28. The topological polar surface area (TPSA) is 56.7 Å². The van der Waals surface area contributed by atoms with Crippen molar-refractivity contribution in [1.82, 2.24) is 9.88 Å². The number of carbonyl (C=O) groups excluding carboxylic acids is 1. The third kappa shape index (κ3) is 3.43. The number of anilines is 1. The van der Waals surface area contributed by atoms with Crippen molar-refractivity contribution in [3.8, 4) is 0 Å². The van der Waals surface area contributed by atoms with Crippen molar-refractivity contribution < 1.29 is 9.90 Å². The molecule has 0 aliphatic carbocycles. The Labute approximate surface area is 147 Å². The summed E-state index contributed by atoms with van der Waals surface area (Å²) in [5.41, 5.74) is 3.27. The molecule has 2 aliphatic rings. The van der Waals surface area contributed by atoms with Crippen LogP contribution in [0.25, 0.3) is 0 Å². The minimum Gasteiger partial charge on any atom is -0.391 e. The van der Waals surface area contributed by atoms with Gasteiger partial charge in [0.2, 0.25) is 5.91 Å². The van der Waals surface area contributed by atoms with E-state index < -0.39 is 6.10 Å². The molecule has 5 nitrogen and oxygen atoms in total. The average Bonchev–Trinajstić information content (AvgIpc) is 3.19. The van der Waals surface area contributed by atoms with Gasteiger partial charge in [-0.1, -0.05) is 24.3 Å². The number of fused-ring (bicyclic) bond motifs is 1. The van der Waals surface area contributed by atoms with Gasteiger partial charge in [-0.3, -0.25) is 14.7 Å². The van der Waals surface area contributed by atoms with Gasteiger partial charge in [0.1, 0.15) is 0 Å². The number of rotatable bonds is 4. The lowest BCUT2D eigenvalue weighted by Crippen LogP contribution is -2.39. The number of benzene rings is 1. The summed E-state index contributed by atoms with van der Waals surface area (Å²) in [6.45, 7) is 2.41. The summed E-state index contributed by atoms with van der Waals surface area (Å²) in [6.07, 6.45) is 3.05. The van der Waals surface area contributed by atoms with Gasteiger partial charge in [-0.15, -0.1) is 0 Å². The average molecular weight is 337 g/mol. The second kappa shape index (κ2) is 6.94. The summed E-state index contributed by atoms with van der Waals surface area (Å²) in [6, 6.07) is 14.0. The molecule has 25 heavy (non-hydrogen) atoms. The van der Waals surface area contributed by atoms with E-state index in [-0.39, 0.29) is 11.8 Å². The van der Waals surface area contributed by atoms with Crippen molar-refractivity contribution in [3.63, 3.8) is 0 Å². The monoisotopic (exact) mass is 337 g/mol. The van der Waals surface area contributed by atoms with Crippen molar-refractivity contribution in [1.29, 1.82) is 0 Å². The molecule has 2 aliphatic heterocycles. The van der Waals surface area contributed by atoms with Crippen LogP contribution in [-0.2, 0) is 17.6 Å². The lowest BCUT2D eigenvalue weighted by molar-refractivity contribution is -0.119. The number of amides is 1. The molecule has 1 aromatic heterocycles. The molecular weight excluding hydrogens is 314 g/mol. The number of likely N-dealkylation sites (tertiary alicyclic amines) is 1. The minimum atomic E-state index is -0.402. The molecule has 2 atom stereocenters. The van der Waals surface area contributed by atoms with Gasteiger partial charge in [0.15, 0.2) is 0 Å². The van der Waals surface area contributed by atoms with Crippen LogP contribution in [0.3, 0.4) is 0 Å². The molecule has 5 heteroatoms. The number of aliphatic hydroxyl groups excluding tert-OH is 1. The summed E-state index contributed by atoms with van der Waals surface area (Å²) in [4.78, 5) is 21.0. The summed E-state index contributed by atoms with van der Waals surface area (Å²) < 4.78 is 0. The number of aromatic nitrogens is 1. The van der Waals surface area contributed by atoms with Crippen molar-refractivity contribution in [2.24, 2.45) is 5.92 Å². The van der Waals surface area contributed by atoms with Crippen LogP contribution in [0.4, 0.5) is 5.69 Å². The predicted octanol–water partition coefficient (Wildman–Crippen LogP) is 1.51. The van der Waals surface area contributed by atoms with E-state index in [0.717, 1.165) is 37.3 Å². The van der Waals surface area contributed by atoms with E-state index in [1.807, 2.05) is 41.3 Å². The molecule has 1 aromatic carbocycles. The van der Waals surface area contributed by atoms with Gasteiger partial charge in [-0.05, 0) is 36.6 Å². The molecule has 1 amide bonds. The summed E-state index contributed by atoms with van der Waals surface area (Å²) in [5.74, 6) is 0.254. The van der Waals surface area contributed by atoms with E-state index in [9.17, 15) is 9.90 Å². The van der Waals surface area contributed by atoms with Crippen molar-refractivity contribution in [2.45, 2.75) is 18.9 Å². The first-order valence-corrected chi connectivity index (χ1v) is 8.89. The second-order valence-electron chi connectivity index (χ2n) is 6.97. The van der Waals surface area contributed by atoms with Crippen LogP contribution in [0, 0.1) is 5.92 Å². The molecule has 0 unspecified atom stereocenters. The Morgan fingerprint density at radius 2 is 2.00 bits per heavy atom. The molecule has 1 fully saturated rings. The van der Waals surface area contributed by atoms with Gasteiger partial charge in [0.05, 0.1) is 12.6 Å². The number of β-amino-alcohol motifs (C(OH)–C–C–N with tert-alkyl or cyclic N) is 1. The zero-order valence-corrected chi connectivity index (χ0v) is 14.2. The molecule has 2 aromatic rings. The summed E-state index contributed by atoms with van der Waals surface area (Å²) in [7, 11) is 0. The van der Waals surface area contributed by atoms with Crippen LogP contribution in [0.5, 0.6) is 0 Å². The fourth-order valence-electron chi connectivity index (χ4n) is 3.93. The van der Waals surface area contributed by atoms with E-state index in [2.05, 4.69) is 16.0 Å². The molecule has 130 valence electrons. The van der Waals surface area contributed by atoms with Crippen molar-refractivity contribution in [3.05, 3.63) is 59.9 Å². The van der Waals surface area contributed by atoms with Crippen LogP contribution < -0.4 is 4.90 Å². The van der Waals surface area contributed by atoms with Crippen molar-refractivity contribution >= 4 is 11.6 Å². The summed E-state index contributed by atoms with van der Waals surface area (Å²) in [5, 5.41) is 10.4. The molecule has 1 saturated heterocycles. The highest BCUT2D eigenvalue weighted by atomic mass is 16.3. The van der Waals surface area contributed by atoms with E-state index in [0.29, 0.717) is 13.1 Å². The zero-order chi connectivity index (χ0) is 17.2. The minimum absolute atomic E-state index is 0.121. The lowest BCUT2D eigenvalue weighted by Gasteiger charge is -2.21. The first-order chi connectivity index (χ1) is 12.2. The second-order valence-corrected chi connectivity index (χ2v) is 6.97. The molecule has 4 rings (SSSR count). The highest BCUT2D eigenvalue weighted by Gasteiger charge is 2.34. The number of aliphatic hydroxyl groups is 1.